The molecule has 0 unspecified atom stereocenters. The van der Waals surface area contributed by atoms with Gasteiger partial charge in [0.1, 0.15) is 5.69 Å². The van der Waals surface area contributed by atoms with Crippen LogP contribution in [0.5, 0.6) is 0 Å². The molecule has 1 aromatic heterocycles. The topological polar surface area (TPSA) is 54.5 Å². The molecule has 0 saturated carbocycles. The van der Waals surface area contributed by atoms with E-state index in [9.17, 15) is 4.79 Å². The number of carbonyl (C=O) groups is 1. The third kappa shape index (κ3) is 4.26. The number of carbonyl (C=O) groups excluding carboxylic acids is 1. The van der Waals surface area contributed by atoms with Crippen LogP contribution < -0.4 is 5.32 Å². The second kappa shape index (κ2) is 5.98. The van der Waals surface area contributed by atoms with Gasteiger partial charge in [0.2, 0.25) is 0 Å². The van der Waals surface area contributed by atoms with Gasteiger partial charge in [0.25, 0.3) is 5.91 Å². The molecule has 2 heterocycles. The number of aromatic nitrogens is 1. The van der Waals surface area contributed by atoms with Crippen molar-refractivity contribution in [3.63, 3.8) is 0 Å². The Morgan fingerprint density at radius 3 is 2.79 bits per heavy atom. The molecule has 1 fully saturated rings. The maximum absolute atomic E-state index is 12.1. The number of aryl methyl sites for hydroxylation is 1. The lowest BCUT2D eigenvalue weighted by molar-refractivity contribution is 0.0269. The van der Waals surface area contributed by atoms with Gasteiger partial charge in [-0.25, -0.2) is 0 Å². The van der Waals surface area contributed by atoms with Crippen LogP contribution in [0.4, 0.5) is 0 Å². The smallest absolute Gasteiger partial charge is 0.271 e. The first kappa shape index (κ1) is 14.4. The molecule has 0 bridgehead atoms. The minimum absolute atomic E-state index is 0.0948. The predicted octanol–water partition coefficient (Wildman–Crippen LogP) is 1.29. The number of hydrogen-bond donors (Lipinski definition) is 1. The SMILES string of the molecule is Cc1cc(C(=O)NC(C)(C)CN2CCOCC2)ns1. The Morgan fingerprint density at radius 2 is 2.21 bits per heavy atom. The molecule has 1 aromatic rings. The zero-order valence-corrected chi connectivity index (χ0v) is 12.5. The molecule has 0 aromatic carbocycles. The highest BCUT2D eigenvalue weighted by Gasteiger charge is 2.26. The van der Waals surface area contributed by atoms with Gasteiger partial charge in [-0.15, -0.1) is 0 Å². The van der Waals surface area contributed by atoms with Crippen molar-refractivity contribution in [3.05, 3.63) is 16.6 Å². The van der Waals surface area contributed by atoms with E-state index < -0.39 is 0 Å². The standard InChI is InChI=1S/C13H21N3O2S/c1-10-8-11(15-19-10)12(17)14-13(2,3)9-16-4-6-18-7-5-16/h8H,4-7,9H2,1-3H3,(H,14,17). The van der Waals surface area contributed by atoms with E-state index in [1.807, 2.05) is 26.8 Å². The van der Waals surface area contributed by atoms with Crippen molar-refractivity contribution in [3.8, 4) is 0 Å². The summed E-state index contributed by atoms with van der Waals surface area (Å²) < 4.78 is 9.47. The molecule has 1 amide bonds. The number of rotatable bonds is 4. The van der Waals surface area contributed by atoms with E-state index in [1.54, 1.807) is 0 Å². The van der Waals surface area contributed by atoms with Gasteiger partial charge < -0.3 is 10.1 Å². The monoisotopic (exact) mass is 283 g/mol. The van der Waals surface area contributed by atoms with Crippen molar-refractivity contribution in [2.45, 2.75) is 26.3 Å². The first-order valence-electron chi connectivity index (χ1n) is 6.52. The van der Waals surface area contributed by atoms with Crippen LogP contribution in [-0.4, -0.2) is 53.6 Å². The molecule has 6 heteroatoms. The van der Waals surface area contributed by atoms with E-state index in [-0.39, 0.29) is 11.4 Å². The van der Waals surface area contributed by atoms with Gasteiger partial charge in [0.15, 0.2) is 0 Å². The lowest BCUT2D eigenvalue weighted by atomic mass is 10.0. The third-order valence-corrected chi connectivity index (χ3v) is 3.73. The van der Waals surface area contributed by atoms with Crippen LogP contribution in [0.1, 0.15) is 29.2 Å². The van der Waals surface area contributed by atoms with Crippen LogP contribution in [0.3, 0.4) is 0 Å². The normalized spacial score (nSPS) is 17.4. The first-order valence-corrected chi connectivity index (χ1v) is 7.29. The van der Waals surface area contributed by atoms with E-state index >= 15 is 0 Å². The fourth-order valence-electron chi connectivity index (χ4n) is 2.20. The van der Waals surface area contributed by atoms with E-state index in [2.05, 4.69) is 14.6 Å². The second-order valence-electron chi connectivity index (χ2n) is 5.55. The van der Waals surface area contributed by atoms with Crippen molar-refractivity contribution in [2.24, 2.45) is 0 Å². The summed E-state index contributed by atoms with van der Waals surface area (Å²) in [5.74, 6) is -0.0948. The lowest BCUT2D eigenvalue weighted by Gasteiger charge is -2.35. The van der Waals surface area contributed by atoms with Crippen molar-refractivity contribution < 1.29 is 9.53 Å². The average molecular weight is 283 g/mol. The number of nitrogens with one attached hydrogen (secondary N) is 1. The minimum Gasteiger partial charge on any atom is -0.379 e. The number of ether oxygens (including phenoxy) is 1. The fourth-order valence-corrected chi connectivity index (χ4v) is 2.74. The summed E-state index contributed by atoms with van der Waals surface area (Å²) in [6.07, 6.45) is 0. The molecule has 106 valence electrons. The van der Waals surface area contributed by atoms with Crippen molar-refractivity contribution >= 4 is 17.4 Å². The number of hydrogen-bond acceptors (Lipinski definition) is 5. The van der Waals surface area contributed by atoms with Gasteiger partial charge >= 0.3 is 0 Å². The molecule has 0 atom stereocenters. The largest absolute Gasteiger partial charge is 0.379 e. The van der Waals surface area contributed by atoms with E-state index in [0.29, 0.717) is 5.69 Å². The molecule has 1 saturated heterocycles. The molecule has 1 aliphatic rings. The summed E-state index contributed by atoms with van der Waals surface area (Å²) in [7, 11) is 0. The van der Waals surface area contributed by atoms with Gasteiger partial charge in [-0.3, -0.25) is 9.69 Å². The minimum atomic E-state index is -0.272. The molecule has 2 rings (SSSR count). The zero-order chi connectivity index (χ0) is 13.9. The van der Waals surface area contributed by atoms with E-state index in [4.69, 9.17) is 4.74 Å². The van der Waals surface area contributed by atoms with Gasteiger partial charge in [-0.1, -0.05) is 0 Å². The van der Waals surface area contributed by atoms with E-state index in [0.717, 1.165) is 37.7 Å². The summed E-state index contributed by atoms with van der Waals surface area (Å²) >= 11 is 1.36. The summed E-state index contributed by atoms with van der Waals surface area (Å²) in [5, 5.41) is 3.06. The van der Waals surface area contributed by atoms with Gasteiger partial charge in [0.05, 0.1) is 13.2 Å². The zero-order valence-electron chi connectivity index (χ0n) is 11.7. The van der Waals surface area contributed by atoms with Crippen LogP contribution in [0.25, 0.3) is 0 Å². The average Bonchev–Trinajstić information content (AvgIpc) is 2.76. The number of nitrogens with zero attached hydrogens (tertiary/aromatic N) is 2. The Labute approximate surface area is 118 Å². The highest BCUT2D eigenvalue weighted by Crippen LogP contribution is 2.12. The molecule has 1 aliphatic heterocycles. The Hall–Kier alpha value is -0.980. The summed E-state index contributed by atoms with van der Waals surface area (Å²) in [5.41, 5.74) is 0.240. The number of morpholine rings is 1. The van der Waals surface area contributed by atoms with Crippen LogP contribution in [0.2, 0.25) is 0 Å². The van der Waals surface area contributed by atoms with Crippen LogP contribution in [0, 0.1) is 6.92 Å². The van der Waals surface area contributed by atoms with Crippen LogP contribution in [-0.2, 0) is 4.74 Å². The fraction of sp³-hybridized carbons (Fsp3) is 0.692. The summed E-state index contributed by atoms with van der Waals surface area (Å²) in [6.45, 7) is 10.3. The van der Waals surface area contributed by atoms with E-state index in [1.165, 1.54) is 11.5 Å². The molecule has 19 heavy (non-hydrogen) atoms. The molecular weight excluding hydrogens is 262 g/mol. The van der Waals surface area contributed by atoms with Crippen molar-refractivity contribution in [1.82, 2.24) is 14.6 Å². The summed E-state index contributed by atoms with van der Waals surface area (Å²) in [6, 6.07) is 1.82. The Bertz CT molecular complexity index is 439. The number of amides is 1. The maximum atomic E-state index is 12.1. The highest BCUT2D eigenvalue weighted by atomic mass is 32.1. The molecule has 1 N–H and O–H groups in total. The van der Waals surface area contributed by atoms with Crippen molar-refractivity contribution in [2.75, 3.05) is 32.8 Å². The molecule has 5 nitrogen and oxygen atoms in total. The first-order chi connectivity index (χ1) is 8.96. The van der Waals surface area contributed by atoms with Crippen LogP contribution in [0.15, 0.2) is 6.07 Å². The summed E-state index contributed by atoms with van der Waals surface area (Å²) in [4.78, 5) is 15.5. The Morgan fingerprint density at radius 1 is 1.53 bits per heavy atom. The van der Waals surface area contributed by atoms with Gasteiger partial charge in [-0.05, 0) is 38.4 Å². The van der Waals surface area contributed by atoms with Crippen molar-refractivity contribution in [1.29, 1.82) is 0 Å². The third-order valence-electron chi connectivity index (χ3n) is 3.04. The lowest BCUT2D eigenvalue weighted by Crippen LogP contribution is -2.53. The molecular formula is C13H21N3O2S. The Balaban J connectivity index is 1.90. The molecule has 0 spiro atoms. The van der Waals surface area contributed by atoms with Gasteiger partial charge in [0, 0.05) is 30.1 Å². The molecule has 0 aliphatic carbocycles. The van der Waals surface area contributed by atoms with Gasteiger partial charge in [-0.2, -0.15) is 4.37 Å². The maximum Gasteiger partial charge on any atom is 0.271 e. The highest BCUT2D eigenvalue weighted by molar-refractivity contribution is 7.05. The predicted molar refractivity (Wildman–Crippen MR) is 75.7 cm³/mol. The quantitative estimate of drug-likeness (QED) is 0.905. The Kier molecular flexibility index (Phi) is 4.54. The second-order valence-corrected chi connectivity index (χ2v) is 6.56. The molecule has 0 radical (unpaired) electrons. The van der Waals surface area contributed by atoms with Crippen LogP contribution >= 0.6 is 11.5 Å².